The normalized spacial score (nSPS) is 13.3. The Labute approximate surface area is 226 Å². The largest absolute Gasteiger partial charge is 0.368 e. The van der Waals surface area contributed by atoms with Gasteiger partial charge >= 0.3 is 0 Å². The van der Waals surface area contributed by atoms with Crippen LogP contribution in [0.3, 0.4) is 0 Å². The summed E-state index contributed by atoms with van der Waals surface area (Å²) in [6.07, 6.45) is 2.97. The van der Waals surface area contributed by atoms with Gasteiger partial charge in [-0.3, -0.25) is 9.59 Å². The SMILES string of the molecule is C=CC(=O)Nc1cccc(-c2cccc3cnc(Nc4ccc(N5CCN(C(C)=O)CC5)cc4)nc23)c1Cl. The topological polar surface area (TPSA) is 90.5 Å². The highest BCUT2D eigenvalue weighted by molar-refractivity contribution is 6.37. The summed E-state index contributed by atoms with van der Waals surface area (Å²) in [6.45, 7) is 8.19. The number of carbonyl (C=O) groups excluding carboxylic acids is 2. The first-order valence-corrected chi connectivity index (χ1v) is 12.7. The van der Waals surface area contributed by atoms with E-state index in [9.17, 15) is 9.59 Å². The van der Waals surface area contributed by atoms with Crippen molar-refractivity contribution in [3.63, 3.8) is 0 Å². The summed E-state index contributed by atoms with van der Waals surface area (Å²) in [5.41, 5.74) is 4.78. The predicted molar refractivity (Wildman–Crippen MR) is 153 cm³/mol. The van der Waals surface area contributed by atoms with Gasteiger partial charge in [-0.1, -0.05) is 48.5 Å². The second-order valence-electron chi connectivity index (χ2n) is 8.96. The molecule has 1 aliphatic rings. The number of piperazine rings is 1. The first kappa shape index (κ1) is 25.2. The summed E-state index contributed by atoms with van der Waals surface area (Å²) < 4.78 is 0. The molecule has 9 heteroatoms. The van der Waals surface area contributed by atoms with Gasteiger partial charge in [-0.15, -0.1) is 0 Å². The van der Waals surface area contributed by atoms with Gasteiger partial charge in [-0.2, -0.15) is 0 Å². The molecule has 0 radical (unpaired) electrons. The minimum atomic E-state index is -0.333. The summed E-state index contributed by atoms with van der Waals surface area (Å²) >= 11 is 6.69. The van der Waals surface area contributed by atoms with Crippen molar-refractivity contribution >= 4 is 57.3 Å². The van der Waals surface area contributed by atoms with Crippen LogP contribution in [0.15, 0.2) is 79.5 Å². The van der Waals surface area contributed by atoms with Crippen LogP contribution in [0.2, 0.25) is 5.02 Å². The first-order valence-electron chi connectivity index (χ1n) is 12.3. The highest BCUT2D eigenvalue weighted by Crippen LogP contribution is 2.37. The zero-order valence-electron chi connectivity index (χ0n) is 20.9. The van der Waals surface area contributed by atoms with Crippen molar-refractivity contribution in [1.29, 1.82) is 0 Å². The number of hydrogen-bond donors (Lipinski definition) is 2. The molecule has 4 aromatic rings. The molecule has 0 aliphatic carbocycles. The van der Waals surface area contributed by atoms with Crippen LogP contribution in [0.25, 0.3) is 22.0 Å². The molecule has 1 saturated heterocycles. The van der Waals surface area contributed by atoms with Crippen LogP contribution < -0.4 is 15.5 Å². The van der Waals surface area contributed by atoms with Crippen LogP contribution in [0, 0.1) is 0 Å². The van der Waals surface area contributed by atoms with E-state index in [0.717, 1.165) is 59.6 Å². The molecule has 1 aliphatic heterocycles. The summed E-state index contributed by atoms with van der Waals surface area (Å²) in [7, 11) is 0. The Bertz CT molecular complexity index is 1510. The maximum Gasteiger partial charge on any atom is 0.247 e. The molecule has 0 saturated carbocycles. The molecule has 192 valence electrons. The minimum absolute atomic E-state index is 0.122. The second-order valence-corrected chi connectivity index (χ2v) is 9.34. The number of rotatable bonds is 6. The van der Waals surface area contributed by atoms with Crippen molar-refractivity contribution in [1.82, 2.24) is 14.9 Å². The number of carbonyl (C=O) groups is 2. The number of para-hydroxylation sites is 1. The number of hydrogen-bond acceptors (Lipinski definition) is 6. The molecule has 0 atom stereocenters. The Morgan fingerprint density at radius 2 is 1.68 bits per heavy atom. The average Bonchev–Trinajstić information content (AvgIpc) is 2.94. The van der Waals surface area contributed by atoms with Gasteiger partial charge in [0.1, 0.15) is 0 Å². The van der Waals surface area contributed by atoms with Crippen molar-refractivity contribution in [3.05, 3.63) is 84.5 Å². The van der Waals surface area contributed by atoms with E-state index in [4.69, 9.17) is 16.6 Å². The lowest BCUT2D eigenvalue weighted by Crippen LogP contribution is -2.48. The van der Waals surface area contributed by atoms with Crippen molar-refractivity contribution < 1.29 is 9.59 Å². The summed E-state index contributed by atoms with van der Waals surface area (Å²) in [5, 5.41) is 7.32. The molecule has 2 amide bonds. The molecular formula is C29H27ClN6O2. The van der Waals surface area contributed by atoms with Gasteiger partial charge in [0.2, 0.25) is 17.8 Å². The minimum Gasteiger partial charge on any atom is -0.368 e. The third-order valence-electron chi connectivity index (χ3n) is 6.56. The van der Waals surface area contributed by atoms with Crippen LogP contribution in [0.5, 0.6) is 0 Å². The lowest BCUT2D eigenvalue weighted by atomic mass is 10.0. The molecule has 8 nitrogen and oxygen atoms in total. The quantitative estimate of drug-likeness (QED) is 0.323. The summed E-state index contributed by atoms with van der Waals surface area (Å²) in [5.74, 6) is 0.248. The van der Waals surface area contributed by atoms with Crippen LogP contribution >= 0.6 is 11.6 Å². The van der Waals surface area contributed by atoms with Gasteiger partial charge in [0.25, 0.3) is 0 Å². The number of nitrogens with one attached hydrogen (secondary N) is 2. The molecule has 0 unspecified atom stereocenters. The van der Waals surface area contributed by atoms with Crippen molar-refractivity contribution in [2.24, 2.45) is 0 Å². The van der Waals surface area contributed by atoms with Gasteiger partial charge in [-0.25, -0.2) is 9.97 Å². The average molecular weight is 527 g/mol. The molecule has 2 heterocycles. The second kappa shape index (κ2) is 10.9. The fraction of sp³-hybridized carbons (Fsp3) is 0.172. The maximum absolute atomic E-state index is 11.8. The number of nitrogens with zero attached hydrogens (tertiary/aromatic N) is 4. The van der Waals surface area contributed by atoms with Gasteiger partial charge in [-0.05, 0) is 36.4 Å². The molecule has 38 heavy (non-hydrogen) atoms. The Balaban J connectivity index is 1.38. The zero-order chi connectivity index (χ0) is 26.6. The summed E-state index contributed by atoms with van der Waals surface area (Å²) in [4.78, 5) is 36.9. The molecule has 0 spiro atoms. The fourth-order valence-corrected chi connectivity index (χ4v) is 4.79. The van der Waals surface area contributed by atoms with Crippen LogP contribution in [-0.4, -0.2) is 52.9 Å². The number of halogens is 1. The Morgan fingerprint density at radius 3 is 2.39 bits per heavy atom. The third-order valence-corrected chi connectivity index (χ3v) is 6.96. The van der Waals surface area contributed by atoms with E-state index >= 15 is 0 Å². The Morgan fingerprint density at radius 1 is 0.974 bits per heavy atom. The Hall–Kier alpha value is -4.43. The van der Waals surface area contributed by atoms with Crippen LogP contribution in [0.4, 0.5) is 23.0 Å². The van der Waals surface area contributed by atoms with Crippen molar-refractivity contribution in [3.8, 4) is 11.1 Å². The monoisotopic (exact) mass is 526 g/mol. The smallest absolute Gasteiger partial charge is 0.247 e. The lowest BCUT2D eigenvalue weighted by Gasteiger charge is -2.35. The van der Waals surface area contributed by atoms with E-state index < -0.39 is 0 Å². The number of amides is 2. The number of benzene rings is 3. The van der Waals surface area contributed by atoms with E-state index in [2.05, 4.69) is 39.2 Å². The molecule has 1 fully saturated rings. The molecule has 5 rings (SSSR count). The van der Waals surface area contributed by atoms with E-state index in [-0.39, 0.29) is 11.8 Å². The number of aromatic nitrogens is 2. The fourth-order valence-electron chi connectivity index (χ4n) is 4.52. The third kappa shape index (κ3) is 5.31. The predicted octanol–water partition coefficient (Wildman–Crippen LogP) is 5.49. The molecule has 3 aromatic carbocycles. The van der Waals surface area contributed by atoms with Crippen molar-refractivity contribution in [2.45, 2.75) is 6.92 Å². The molecule has 1 aromatic heterocycles. The molecule has 0 bridgehead atoms. The lowest BCUT2D eigenvalue weighted by molar-refractivity contribution is -0.129. The van der Waals surface area contributed by atoms with Gasteiger partial charge in [0.15, 0.2) is 0 Å². The summed E-state index contributed by atoms with van der Waals surface area (Å²) in [6, 6.07) is 19.4. The van der Waals surface area contributed by atoms with Gasteiger partial charge < -0.3 is 20.4 Å². The molecular weight excluding hydrogens is 500 g/mol. The van der Waals surface area contributed by atoms with E-state index in [1.165, 1.54) is 6.08 Å². The van der Waals surface area contributed by atoms with Gasteiger partial charge in [0, 0.05) is 67.2 Å². The Kier molecular flexibility index (Phi) is 7.24. The van der Waals surface area contributed by atoms with Gasteiger partial charge in [0.05, 0.1) is 16.2 Å². The van der Waals surface area contributed by atoms with E-state index in [0.29, 0.717) is 16.7 Å². The highest BCUT2D eigenvalue weighted by atomic mass is 35.5. The van der Waals surface area contributed by atoms with Crippen LogP contribution in [-0.2, 0) is 9.59 Å². The first-order chi connectivity index (χ1) is 18.4. The molecule has 2 N–H and O–H groups in total. The number of anilines is 4. The number of fused-ring (bicyclic) bond motifs is 1. The maximum atomic E-state index is 11.8. The zero-order valence-corrected chi connectivity index (χ0v) is 21.7. The van der Waals surface area contributed by atoms with E-state index in [1.54, 1.807) is 19.2 Å². The van der Waals surface area contributed by atoms with Crippen LogP contribution in [0.1, 0.15) is 6.92 Å². The van der Waals surface area contributed by atoms with E-state index in [1.807, 2.05) is 47.4 Å². The highest BCUT2D eigenvalue weighted by Gasteiger charge is 2.19. The van der Waals surface area contributed by atoms with Crippen molar-refractivity contribution in [2.75, 3.05) is 41.7 Å². The standard InChI is InChI=1S/C29H27ClN6O2/c1-3-26(38)33-25-9-5-7-23(27(25)30)24-8-4-6-20-18-31-29(34-28(20)24)32-21-10-12-22(13-11-21)36-16-14-35(15-17-36)19(2)37/h3-13,18H,1,14-17H2,2H3,(H,33,38)(H,31,32,34).